The lowest BCUT2D eigenvalue weighted by Gasteiger charge is -2.21. The first kappa shape index (κ1) is 20.7. The summed E-state index contributed by atoms with van der Waals surface area (Å²) >= 11 is 0. The van der Waals surface area contributed by atoms with Crippen LogP contribution in [0.15, 0.2) is 188 Å². The van der Waals surface area contributed by atoms with Gasteiger partial charge in [-0.1, -0.05) is 115 Å². The molecule has 0 fully saturated rings. The van der Waals surface area contributed by atoms with E-state index in [2.05, 4.69) is 0 Å². The number of nitrogens with zero attached hydrogens (tertiary/aromatic N) is 7. The fourth-order valence-corrected chi connectivity index (χ4v) is 7.93. The Morgan fingerprint density at radius 1 is 0.421 bits per heavy atom. The van der Waals surface area contributed by atoms with Crippen molar-refractivity contribution in [1.29, 1.82) is 0 Å². The fourth-order valence-electron chi connectivity index (χ4n) is 7.93. The molecule has 266 valence electrons. The number of pyridine rings is 2. The second-order valence-corrected chi connectivity index (χ2v) is 13.2. The first-order chi connectivity index (χ1) is 34.1. The Morgan fingerprint density at radius 3 is 1.67 bits per heavy atom. The van der Waals surface area contributed by atoms with Gasteiger partial charge in [-0.15, -0.1) is 0 Å². The van der Waals surface area contributed by atoms with E-state index in [1.54, 1.807) is 30.6 Å². The van der Waals surface area contributed by atoms with Gasteiger partial charge in [-0.05, 0) is 60.6 Å². The Morgan fingerprint density at radius 2 is 0.982 bits per heavy atom. The third kappa shape index (κ3) is 4.66. The molecular formula is C50H31N7. The second kappa shape index (κ2) is 12.3. The van der Waals surface area contributed by atoms with Crippen LogP contribution in [0, 0.1) is 0 Å². The van der Waals surface area contributed by atoms with Gasteiger partial charge >= 0.3 is 0 Å². The van der Waals surface area contributed by atoms with Gasteiger partial charge in [0, 0.05) is 45.1 Å². The molecule has 57 heavy (non-hydrogen) atoms. The van der Waals surface area contributed by atoms with E-state index in [0.29, 0.717) is 33.4 Å². The number of fused-ring (bicyclic) bond motifs is 9. The molecule has 12 rings (SSSR count). The highest BCUT2D eigenvalue weighted by Crippen LogP contribution is 2.42. The molecule has 0 N–H and O–H groups in total. The van der Waals surface area contributed by atoms with Gasteiger partial charge in [0.1, 0.15) is 0 Å². The second-order valence-electron chi connectivity index (χ2n) is 13.2. The molecule has 12 aromatic rings. The van der Waals surface area contributed by atoms with Crippen LogP contribution in [-0.4, -0.2) is 33.6 Å². The maximum Gasteiger partial charge on any atom is 0.235 e. The maximum atomic E-state index is 10.1. The van der Waals surface area contributed by atoms with Crippen molar-refractivity contribution < 1.29 is 19.2 Å². The van der Waals surface area contributed by atoms with Crippen molar-refractivity contribution in [3.05, 3.63) is 188 Å². The van der Waals surface area contributed by atoms with Crippen LogP contribution >= 0.6 is 0 Å². The van der Waals surface area contributed by atoms with Crippen molar-refractivity contribution in [3.8, 4) is 39.8 Å². The summed E-state index contributed by atoms with van der Waals surface area (Å²) in [6, 6.07) is 19.0. The van der Waals surface area contributed by atoms with Gasteiger partial charge in [0.15, 0.2) is 0 Å². The van der Waals surface area contributed by atoms with Gasteiger partial charge in [-0.3, -0.25) is 14.5 Å². The molecule has 7 heteroatoms. The molecule has 7 nitrogen and oxygen atoms in total. The quantitative estimate of drug-likeness (QED) is 0.176. The van der Waals surface area contributed by atoms with E-state index in [0.717, 1.165) is 26.4 Å². The van der Waals surface area contributed by atoms with Crippen molar-refractivity contribution in [2.75, 3.05) is 0 Å². The van der Waals surface area contributed by atoms with Crippen molar-refractivity contribution in [1.82, 2.24) is 33.6 Å². The van der Waals surface area contributed by atoms with E-state index < -0.39 is 102 Å². The average Bonchev–Trinajstić information content (AvgIpc) is 4.04. The number of hydrogen-bond donors (Lipinski definition) is 0. The van der Waals surface area contributed by atoms with Gasteiger partial charge in [0.25, 0.3) is 0 Å². The molecule has 0 amide bonds. The predicted octanol–water partition coefficient (Wildman–Crippen LogP) is 11.9. The van der Waals surface area contributed by atoms with Gasteiger partial charge in [0.05, 0.1) is 86.1 Å². The molecule has 0 aliphatic heterocycles. The van der Waals surface area contributed by atoms with Crippen LogP contribution in [0.3, 0.4) is 0 Å². The molecule has 6 aromatic carbocycles. The molecular weight excluding hydrogens is 699 g/mol. The lowest BCUT2D eigenvalue weighted by Crippen LogP contribution is -2.08. The van der Waals surface area contributed by atoms with E-state index in [4.69, 9.17) is 35.0 Å². The van der Waals surface area contributed by atoms with Crippen LogP contribution in [0.25, 0.3) is 106 Å². The molecule has 0 bridgehead atoms. The van der Waals surface area contributed by atoms with Crippen molar-refractivity contribution in [3.63, 3.8) is 0 Å². The van der Waals surface area contributed by atoms with E-state index in [1.165, 1.54) is 0 Å². The summed E-state index contributed by atoms with van der Waals surface area (Å²) in [5.74, 6) is -0.492. The van der Waals surface area contributed by atoms with E-state index in [-0.39, 0.29) is 33.1 Å². The largest absolute Gasteiger partial charge is 0.305 e. The lowest BCUT2D eigenvalue weighted by molar-refractivity contribution is 0.993. The smallest absolute Gasteiger partial charge is 0.235 e. The van der Waals surface area contributed by atoms with E-state index in [9.17, 15) is 4.11 Å². The molecule has 0 aliphatic carbocycles. The molecule has 6 heterocycles. The minimum absolute atomic E-state index is 0.181. The van der Waals surface area contributed by atoms with E-state index >= 15 is 0 Å². The number of benzene rings is 6. The molecule has 0 spiro atoms. The summed E-state index contributed by atoms with van der Waals surface area (Å²) in [5.41, 5.74) is 3.69. The summed E-state index contributed by atoms with van der Waals surface area (Å²) in [4.78, 5) is 19.4. The number of hydrogen-bond acceptors (Lipinski definition) is 4. The molecule has 0 radical (unpaired) electrons. The van der Waals surface area contributed by atoms with Crippen LogP contribution in [0.5, 0.6) is 0 Å². The van der Waals surface area contributed by atoms with Crippen LogP contribution in [0.4, 0.5) is 0 Å². The predicted molar refractivity (Wildman–Crippen MR) is 232 cm³/mol. The Labute approximate surface area is 346 Å². The Kier molecular flexibility index (Phi) is 4.47. The standard InChI is InChI=1S/C50H31N7/c1-2-15-32(16-3-1)38-31-39(54-50(53-38)57-40-22-8-4-17-33(40)34-18-5-9-23-41(34)57)35-21-12-26-46(55-42-24-10-6-19-36(42)47-44(55)27-13-29-51-47)49(35)56-43-25-11-7-20-37(43)48-45(56)28-14-30-52-48/h1-31H/i1D,2D,3D,4D,5D,8D,9D,15D,16D,17D,18D,22D,23D,31D. The van der Waals surface area contributed by atoms with Gasteiger partial charge < -0.3 is 9.13 Å². The number of aromatic nitrogens is 7. The van der Waals surface area contributed by atoms with E-state index in [1.807, 2.05) is 81.9 Å². The normalized spacial score (nSPS) is 15.3. The summed E-state index contributed by atoms with van der Waals surface area (Å²) < 4.78 is 131. The molecule has 0 aliphatic rings. The Bertz CT molecular complexity index is 4160. The van der Waals surface area contributed by atoms with Crippen LogP contribution in [0.1, 0.15) is 19.2 Å². The highest BCUT2D eigenvalue weighted by atomic mass is 15.2. The van der Waals surface area contributed by atoms with Crippen molar-refractivity contribution >= 4 is 65.7 Å². The van der Waals surface area contributed by atoms with Gasteiger partial charge in [-0.2, -0.15) is 0 Å². The maximum absolute atomic E-state index is 10.1. The monoisotopic (exact) mass is 743 g/mol. The minimum Gasteiger partial charge on any atom is -0.305 e. The zero-order valence-electron chi connectivity index (χ0n) is 43.4. The summed E-state index contributed by atoms with van der Waals surface area (Å²) in [6.07, 6.45) is 3.39. The van der Waals surface area contributed by atoms with Crippen LogP contribution in [0.2, 0.25) is 0 Å². The highest BCUT2D eigenvalue weighted by Gasteiger charge is 2.25. The lowest BCUT2D eigenvalue weighted by atomic mass is 10.0. The van der Waals surface area contributed by atoms with Gasteiger partial charge in [-0.25, -0.2) is 9.97 Å². The zero-order chi connectivity index (χ0) is 49.6. The zero-order valence-corrected chi connectivity index (χ0v) is 29.4. The van der Waals surface area contributed by atoms with Crippen LogP contribution < -0.4 is 0 Å². The van der Waals surface area contributed by atoms with Gasteiger partial charge in [0.2, 0.25) is 5.95 Å². The van der Waals surface area contributed by atoms with Crippen LogP contribution in [-0.2, 0) is 0 Å². The third-order valence-corrected chi connectivity index (χ3v) is 10.2. The summed E-state index contributed by atoms with van der Waals surface area (Å²) in [7, 11) is 0. The third-order valence-electron chi connectivity index (χ3n) is 10.2. The highest BCUT2D eigenvalue weighted by molar-refractivity contribution is 6.11. The first-order valence-corrected chi connectivity index (χ1v) is 17.9. The van der Waals surface area contributed by atoms with Crippen molar-refractivity contribution in [2.45, 2.75) is 0 Å². The topological polar surface area (TPSA) is 66.3 Å². The first-order valence-electron chi connectivity index (χ1n) is 24.9. The SMILES string of the molecule is [2H]c1c(-c2cccc(-n3c4ccccc4c4ncccc43)c2-n2c3ccccc3c3ncccc32)nc(-n2c3c([2H])c([2H])c([2H])c([2H])c3c3c([2H])c([2H])c([2H])c([2H])c32)nc1-c1c([2H])c([2H])c([2H])c([2H])c1[2H]. The molecule has 0 unspecified atom stereocenters. The number of rotatable bonds is 5. The molecule has 0 saturated carbocycles. The summed E-state index contributed by atoms with van der Waals surface area (Å²) in [5, 5.41) is 1.11. The van der Waals surface area contributed by atoms with Crippen molar-refractivity contribution in [2.24, 2.45) is 0 Å². The summed E-state index contributed by atoms with van der Waals surface area (Å²) in [6.45, 7) is 0. The Hall–Kier alpha value is -7.90. The minimum atomic E-state index is -0.720. The molecule has 6 aromatic heterocycles. The number of para-hydroxylation sites is 5. The molecule has 0 atom stereocenters. The average molecular weight is 744 g/mol. The molecule has 0 saturated heterocycles. The Balaban J connectivity index is 1.33. The fraction of sp³-hybridized carbons (Fsp3) is 0.